The lowest BCUT2D eigenvalue weighted by Gasteiger charge is -2.33. The van der Waals surface area contributed by atoms with E-state index in [4.69, 9.17) is 5.11 Å². The van der Waals surface area contributed by atoms with E-state index < -0.39 is 5.97 Å². The van der Waals surface area contributed by atoms with Gasteiger partial charge in [-0.15, -0.1) is 0 Å². The number of piperazine rings is 1. The summed E-state index contributed by atoms with van der Waals surface area (Å²) in [4.78, 5) is 34.4. The van der Waals surface area contributed by atoms with Crippen LogP contribution in [0.25, 0.3) is 0 Å². The number of aliphatic carboxylic acids is 1. The van der Waals surface area contributed by atoms with E-state index in [-0.39, 0.29) is 12.6 Å². The Hall–Kier alpha value is -2.22. The number of amides is 2. The van der Waals surface area contributed by atoms with Crippen LogP contribution in [0.3, 0.4) is 0 Å². The van der Waals surface area contributed by atoms with Crippen LogP contribution in [0.4, 0.5) is 4.79 Å². The molecule has 8 heteroatoms. The lowest BCUT2D eigenvalue weighted by molar-refractivity contribution is -0.138. The Kier molecular flexibility index (Phi) is 5.04. The Morgan fingerprint density at radius 3 is 2.67 bits per heavy atom. The fourth-order valence-corrected chi connectivity index (χ4v) is 2.18. The quantitative estimate of drug-likeness (QED) is 0.790. The van der Waals surface area contributed by atoms with E-state index >= 15 is 0 Å². The molecular weight excluding hydrogens is 274 g/mol. The van der Waals surface area contributed by atoms with Crippen molar-refractivity contribution in [3.05, 3.63) is 23.8 Å². The highest BCUT2D eigenvalue weighted by molar-refractivity contribution is 5.74. The van der Waals surface area contributed by atoms with Crippen molar-refractivity contribution in [2.45, 2.75) is 13.5 Å². The number of nitrogens with zero attached hydrogens (tertiary/aromatic N) is 4. The summed E-state index contributed by atoms with van der Waals surface area (Å²) >= 11 is 0. The second-order valence-corrected chi connectivity index (χ2v) is 4.91. The third kappa shape index (κ3) is 4.67. The largest absolute Gasteiger partial charge is 0.480 e. The first kappa shape index (κ1) is 15.2. The third-order valence-corrected chi connectivity index (χ3v) is 3.27. The topological polar surface area (TPSA) is 98.7 Å². The summed E-state index contributed by atoms with van der Waals surface area (Å²) in [6.07, 6.45) is 1.66. The van der Waals surface area contributed by atoms with Gasteiger partial charge in [0.2, 0.25) is 0 Å². The normalized spacial score (nSPS) is 15.8. The number of nitrogens with one attached hydrogen (secondary N) is 1. The standard InChI is InChI=1S/C13H19N5O3/c1-10-14-3-2-11(16-10)8-15-13(21)18-6-4-17(5-7-18)9-12(19)20/h2-3H,4-9H2,1H3,(H,15,21)(H,19,20). The maximum Gasteiger partial charge on any atom is 0.317 e. The van der Waals surface area contributed by atoms with Gasteiger partial charge in [-0.2, -0.15) is 0 Å². The Bertz CT molecular complexity index is 514. The smallest absolute Gasteiger partial charge is 0.317 e. The molecule has 1 fully saturated rings. The van der Waals surface area contributed by atoms with E-state index in [1.54, 1.807) is 24.1 Å². The summed E-state index contributed by atoms with van der Waals surface area (Å²) in [5, 5.41) is 11.5. The van der Waals surface area contributed by atoms with Gasteiger partial charge in [-0.3, -0.25) is 9.69 Å². The van der Waals surface area contributed by atoms with Crippen molar-refractivity contribution in [1.82, 2.24) is 25.1 Å². The van der Waals surface area contributed by atoms with Crippen LogP contribution in [0, 0.1) is 6.92 Å². The second-order valence-electron chi connectivity index (χ2n) is 4.91. The molecule has 2 N–H and O–H groups in total. The van der Waals surface area contributed by atoms with Crippen molar-refractivity contribution >= 4 is 12.0 Å². The monoisotopic (exact) mass is 293 g/mol. The molecule has 1 aromatic rings. The van der Waals surface area contributed by atoms with Crippen LogP contribution in [0.1, 0.15) is 11.5 Å². The molecule has 0 atom stereocenters. The molecule has 8 nitrogen and oxygen atoms in total. The number of hydrogen-bond donors (Lipinski definition) is 2. The lowest BCUT2D eigenvalue weighted by atomic mass is 10.3. The van der Waals surface area contributed by atoms with Gasteiger partial charge in [0, 0.05) is 32.4 Å². The van der Waals surface area contributed by atoms with E-state index in [1.165, 1.54) is 0 Å². The van der Waals surface area contributed by atoms with Gasteiger partial charge in [0.1, 0.15) is 5.82 Å². The van der Waals surface area contributed by atoms with Gasteiger partial charge in [-0.1, -0.05) is 0 Å². The van der Waals surface area contributed by atoms with Gasteiger partial charge in [0.25, 0.3) is 0 Å². The molecule has 1 saturated heterocycles. The highest BCUT2D eigenvalue weighted by Gasteiger charge is 2.21. The Balaban J connectivity index is 1.76. The summed E-state index contributed by atoms with van der Waals surface area (Å²) in [6.45, 7) is 4.39. The number of urea groups is 1. The fraction of sp³-hybridized carbons (Fsp3) is 0.538. The van der Waals surface area contributed by atoms with Gasteiger partial charge in [0.15, 0.2) is 0 Å². The molecule has 0 saturated carbocycles. The minimum atomic E-state index is -0.841. The number of carbonyl (C=O) groups excluding carboxylic acids is 1. The van der Waals surface area contributed by atoms with Crippen LogP contribution in [0.15, 0.2) is 12.3 Å². The Morgan fingerprint density at radius 2 is 2.05 bits per heavy atom. The van der Waals surface area contributed by atoms with E-state index in [0.717, 1.165) is 5.69 Å². The summed E-state index contributed by atoms with van der Waals surface area (Å²) in [5.74, 6) is -0.170. The molecule has 0 unspecified atom stereocenters. The number of hydrogen-bond acceptors (Lipinski definition) is 5. The van der Waals surface area contributed by atoms with Gasteiger partial charge in [0.05, 0.1) is 18.8 Å². The molecule has 0 aromatic carbocycles. The van der Waals surface area contributed by atoms with E-state index in [1.807, 2.05) is 4.90 Å². The van der Waals surface area contributed by atoms with E-state index in [9.17, 15) is 9.59 Å². The number of carbonyl (C=O) groups is 2. The van der Waals surface area contributed by atoms with Gasteiger partial charge in [-0.25, -0.2) is 14.8 Å². The second kappa shape index (κ2) is 6.98. The molecule has 0 aliphatic carbocycles. The molecule has 0 spiro atoms. The van der Waals surface area contributed by atoms with Crippen molar-refractivity contribution in [2.24, 2.45) is 0 Å². The molecule has 21 heavy (non-hydrogen) atoms. The molecule has 114 valence electrons. The van der Waals surface area contributed by atoms with Crippen molar-refractivity contribution in [2.75, 3.05) is 32.7 Å². The Morgan fingerprint density at radius 1 is 1.33 bits per heavy atom. The van der Waals surface area contributed by atoms with Crippen molar-refractivity contribution in [1.29, 1.82) is 0 Å². The zero-order valence-electron chi connectivity index (χ0n) is 11.9. The van der Waals surface area contributed by atoms with Crippen LogP contribution in [-0.2, 0) is 11.3 Å². The van der Waals surface area contributed by atoms with Gasteiger partial charge in [-0.05, 0) is 13.0 Å². The van der Waals surface area contributed by atoms with Gasteiger partial charge < -0.3 is 15.3 Å². The first-order valence-electron chi connectivity index (χ1n) is 6.80. The molecule has 2 rings (SSSR count). The molecule has 0 bridgehead atoms. The molecular formula is C13H19N5O3. The molecule has 1 aromatic heterocycles. The molecule has 1 aliphatic heterocycles. The summed E-state index contributed by atoms with van der Waals surface area (Å²) in [5.41, 5.74) is 0.764. The van der Waals surface area contributed by atoms with E-state index in [0.29, 0.717) is 38.5 Å². The summed E-state index contributed by atoms with van der Waals surface area (Å²) in [7, 11) is 0. The maximum absolute atomic E-state index is 12.0. The average Bonchev–Trinajstić information content (AvgIpc) is 2.45. The predicted molar refractivity (Wildman–Crippen MR) is 74.7 cm³/mol. The first-order chi connectivity index (χ1) is 10.0. The van der Waals surface area contributed by atoms with Crippen LogP contribution >= 0.6 is 0 Å². The maximum atomic E-state index is 12.0. The molecule has 2 amide bonds. The van der Waals surface area contributed by atoms with Crippen LogP contribution in [-0.4, -0.2) is 69.6 Å². The predicted octanol–water partition coefficient (Wildman–Crippen LogP) is -0.303. The van der Waals surface area contributed by atoms with Crippen LogP contribution in [0.2, 0.25) is 0 Å². The number of carboxylic acids is 1. The van der Waals surface area contributed by atoms with Gasteiger partial charge >= 0.3 is 12.0 Å². The zero-order valence-corrected chi connectivity index (χ0v) is 11.9. The number of carboxylic acid groups (broad SMARTS) is 1. The minimum Gasteiger partial charge on any atom is -0.480 e. The molecule has 0 radical (unpaired) electrons. The number of aryl methyl sites for hydroxylation is 1. The van der Waals surface area contributed by atoms with Crippen molar-refractivity contribution in [3.63, 3.8) is 0 Å². The third-order valence-electron chi connectivity index (χ3n) is 3.27. The molecule has 1 aliphatic rings. The average molecular weight is 293 g/mol. The highest BCUT2D eigenvalue weighted by Crippen LogP contribution is 2.02. The minimum absolute atomic E-state index is 0.0235. The van der Waals surface area contributed by atoms with Crippen molar-refractivity contribution < 1.29 is 14.7 Å². The Labute approximate surface area is 122 Å². The van der Waals surface area contributed by atoms with E-state index in [2.05, 4.69) is 15.3 Å². The van der Waals surface area contributed by atoms with Crippen LogP contribution < -0.4 is 5.32 Å². The first-order valence-corrected chi connectivity index (χ1v) is 6.80. The zero-order chi connectivity index (χ0) is 15.2. The number of aromatic nitrogens is 2. The number of rotatable bonds is 4. The van der Waals surface area contributed by atoms with Crippen molar-refractivity contribution in [3.8, 4) is 0 Å². The summed E-state index contributed by atoms with van der Waals surface area (Å²) < 4.78 is 0. The highest BCUT2D eigenvalue weighted by atomic mass is 16.4. The summed E-state index contributed by atoms with van der Waals surface area (Å²) in [6, 6.07) is 1.61. The SMILES string of the molecule is Cc1nccc(CNC(=O)N2CCN(CC(=O)O)CC2)n1. The molecule has 2 heterocycles. The fourth-order valence-electron chi connectivity index (χ4n) is 2.18. The van der Waals surface area contributed by atoms with Crippen LogP contribution in [0.5, 0.6) is 0 Å². The lowest BCUT2D eigenvalue weighted by Crippen LogP contribution is -2.52.